The summed E-state index contributed by atoms with van der Waals surface area (Å²) < 4.78 is 0. The lowest BCUT2D eigenvalue weighted by atomic mass is 9.84. The molecule has 2 aromatic rings. The zero-order chi connectivity index (χ0) is 19.0. The fourth-order valence-electron chi connectivity index (χ4n) is 3.64. The lowest BCUT2D eigenvalue weighted by Crippen LogP contribution is -2.47. The largest absolute Gasteiger partial charge is 0.344 e. The summed E-state index contributed by atoms with van der Waals surface area (Å²) in [5, 5.41) is 11.3. The van der Waals surface area contributed by atoms with Crippen LogP contribution in [-0.2, 0) is 4.79 Å². The van der Waals surface area contributed by atoms with Crippen LogP contribution in [0.3, 0.4) is 0 Å². The van der Waals surface area contributed by atoms with Gasteiger partial charge < -0.3 is 4.90 Å². The van der Waals surface area contributed by atoms with Gasteiger partial charge in [-0.05, 0) is 36.2 Å². The van der Waals surface area contributed by atoms with Gasteiger partial charge >= 0.3 is 0 Å². The van der Waals surface area contributed by atoms with Crippen LogP contribution >= 0.6 is 23.4 Å². The standard InChI is InChI=1S/C21H18ClN3OS/c1-14-5-2-3-8-17(14)18-10-20(26)25-12-24(13-27-21(25)19(18)11-23)16-7-4-6-15(22)9-16/h2-9,18H,10,12-13H2,1H3/t18-/m1/s1. The molecule has 2 aliphatic heterocycles. The van der Waals surface area contributed by atoms with Crippen molar-refractivity contribution < 1.29 is 4.79 Å². The van der Waals surface area contributed by atoms with Crippen LogP contribution in [0, 0.1) is 18.3 Å². The Labute approximate surface area is 168 Å². The Kier molecular flexibility index (Phi) is 4.86. The predicted octanol–water partition coefficient (Wildman–Crippen LogP) is 4.87. The van der Waals surface area contributed by atoms with E-state index in [4.69, 9.17) is 11.6 Å². The first-order valence-electron chi connectivity index (χ1n) is 8.72. The minimum atomic E-state index is -0.167. The Hall–Kier alpha value is -2.42. The highest BCUT2D eigenvalue weighted by Crippen LogP contribution is 2.43. The van der Waals surface area contributed by atoms with Crippen LogP contribution < -0.4 is 4.90 Å². The van der Waals surface area contributed by atoms with Crippen LogP contribution in [0.4, 0.5) is 5.69 Å². The van der Waals surface area contributed by atoms with Crippen molar-refractivity contribution in [3.05, 3.63) is 75.3 Å². The Morgan fingerprint density at radius 1 is 1.22 bits per heavy atom. The van der Waals surface area contributed by atoms with Gasteiger partial charge in [-0.2, -0.15) is 5.26 Å². The van der Waals surface area contributed by atoms with Gasteiger partial charge in [0.05, 0.1) is 29.2 Å². The molecule has 4 rings (SSSR count). The van der Waals surface area contributed by atoms with Gasteiger partial charge in [-0.3, -0.25) is 9.69 Å². The summed E-state index contributed by atoms with van der Waals surface area (Å²) in [7, 11) is 0. The summed E-state index contributed by atoms with van der Waals surface area (Å²) >= 11 is 7.65. The van der Waals surface area contributed by atoms with Crippen molar-refractivity contribution in [3.63, 3.8) is 0 Å². The summed E-state index contributed by atoms with van der Waals surface area (Å²) in [4.78, 5) is 16.8. The van der Waals surface area contributed by atoms with E-state index >= 15 is 0 Å². The van der Waals surface area contributed by atoms with E-state index in [2.05, 4.69) is 11.0 Å². The molecule has 2 heterocycles. The third-order valence-corrected chi connectivity index (χ3v) is 6.42. The third-order valence-electron chi connectivity index (χ3n) is 5.03. The first-order chi connectivity index (χ1) is 13.1. The molecule has 0 bridgehead atoms. The quantitative estimate of drug-likeness (QED) is 0.727. The van der Waals surface area contributed by atoms with E-state index < -0.39 is 0 Å². The van der Waals surface area contributed by atoms with Gasteiger partial charge in [-0.25, -0.2) is 0 Å². The first-order valence-corrected chi connectivity index (χ1v) is 10.1. The molecule has 0 aromatic heterocycles. The van der Waals surface area contributed by atoms with Gasteiger partial charge in [0.2, 0.25) is 5.91 Å². The number of carbonyl (C=O) groups excluding carboxylic acids is 1. The number of amides is 1. The summed E-state index contributed by atoms with van der Waals surface area (Å²) in [5.41, 5.74) is 3.84. The highest BCUT2D eigenvalue weighted by molar-refractivity contribution is 8.03. The van der Waals surface area contributed by atoms with Crippen LogP contribution in [0.5, 0.6) is 0 Å². The number of thioether (sulfide) groups is 1. The summed E-state index contributed by atoms with van der Waals surface area (Å²) in [6.07, 6.45) is 0.321. The lowest BCUT2D eigenvalue weighted by molar-refractivity contribution is -0.129. The van der Waals surface area contributed by atoms with Crippen molar-refractivity contribution in [3.8, 4) is 6.07 Å². The van der Waals surface area contributed by atoms with Gasteiger partial charge in [-0.15, -0.1) is 0 Å². The zero-order valence-corrected chi connectivity index (χ0v) is 16.4. The Bertz CT molecular complexity index is 981. The molecule has 2 aromatic carbocycles. The topological polar surface area (TPSA) is 47.3 Å². The van der Waals surface area contributed by atoms with Crippen molar-refractivity contribution in [2.75, 3.05) is 17.4 Å². The van der Waals surface area contributed by atoms with Gasteiger partial charge in [0, 0.05) is 23.0 Å². The molecule has 0 spiro atoms. The smallest absolute Gasteiger partial charge is 0.229 e. The molecule has 136 valence electrons. The highest BCUT2D eigenvalue weighted by atomic mass is 35.5. The number of rotatable bonds is 2. The predicted molar refractivity (Wildman–Crippen MR) is 109 cm³/mol. The molecule has 0 unspecified atom stereocenters. The minimum absolute atomic E-state index is 0.0523. The molecule has 0 saturated carbocycles. The number of hydrogen-bond donors (Lipinski definition) is 0. The van der Waals surface area contributed by atoms with E-state index in [1.54, 1.807) is 16.7 Å². The molecule has 0 N–H and O–H groups in total. The van der Waals surface area contributed by atoms with E-state index in [9.17, 15) is 10.1 Å². The molecule has 0 aliphatic carbocycles. The number of halogens is 1. The van der Waals surface area contributed by atoms with E-state index in [-0.39, 0.29) is 11.8 Å². The second-order valence-electron chi connectivity index (χ2n) is 6.70. The minimum Gasteiger partial charge on any atom is -0.344 e. The maximum atomic E-state index is 12.9. The number of hydrogen-bond acceptors (Lipinski definition) is 4. The maximum Gasteiger partial charge on any atom is 0.229 e. The van der Waals surface area contributed by atoms with Crippen LogP contribution in [-0.4, -0.2) is 23.4 Å². The van der Waals surface area contributed by atoms with Crippen LogP contribution in [0.2, 0.25) is 5.02 Å². The van der Waals surface area contributed by atoms with E-state index in [1.165, 1.54) is 0 Å². The normalized spacial score (nSPS) is 19.7. The number of carbonyl (C=O) groups is 1. The van der Waals surface area contributed by atoms with Crippen molar-refractivity contribution >= 4 is 35.0 Å². The molecule has 1 fully saturated rings. The second-order valence-corrected chi connectivity index (χ2v) is 8.07. The SMILES string of the molecule is Cc1ccccc1[C@H]1CC(=O)N2CN(c3cccc(Cl)c3)CSC2=C1C#N. The fraction of sp³-hybridized carbons (Fsp3) is 0.238. The molecule has 1 saturated heterocycles. The molecule has 0 radical (unpaired) electrons. The lowest BCUT2D eigenvalue weighted by Gasteiger charge is -2.42. The summed E-state index contributed by atoms with van der Waals surface area (Å²) in [6, 6.07) is 18.0. The van der Waals surface area contributed by atoms with Crippen molar-refractivity contribution in [1.82, 2.24) is 4.90 Å². The molecule has 4 nitrogen and oxygen atoms in total. The molecule has 27 heavy (non-hydrogen) atoms. The summed E-state index contributed by atoms with van der Waals surface area (Å²) in [6.45, 7) is 2.47. The number of fused-ring (bicyclic) bond motifs is 1. The third kappa shape index (κ3) is 3.31. The van der Waals surface area contributed by atoms with E-state index in [1.807, 2.05) is 55.5 Å². The number of nitrogens with zero attached hydrogens (tertiary/aromatic N) is 3. The Morgan fingerprint density at radius 2 is 2.04 bits per heavy atom. The van der Waals surface area contributed by atoms with Gasteiger partial charge in [0.1, 0.15) is 0 Å². The van der Waals surface area contributed by atoms with E-state index in [0.717, 1.165) is 21.8 Å². The van der Waals surface area contributed by atoms with Crippen molar-refractivity contribution in [1.29, 1.82) is 5.26 Å². The van der Waals surface area contributed by atoms with Crippen LogP contribution in [0.25, 0.3) is 0 Å². The maximum absolute atomic E-state index is 12.9. The number of aryl methyl sites for hydroxylation is 1. The molecule has 6 heteroatoms. The average Bonchev–Trinajstić information content (AvgIpc) is 2.68. The highest BCUT2D eigenvalue weighted by Gasteiger charge is 2.38. The van der Waals surface area contributed by atoms with Gasteiger partial charge in [-0.1, -0.05) is 53.7 Å². The average molecular weight is 396 g/mol. The number of nitriles is 1. The van der Waals surface area contributed by atoms with E-state index in [0.29, 0.717) is 29.6 Å². The monoisotopic (exact) mass is 395 g/mol. The second kappa shape index (κ2) is 7.30. The molecular formula is C21H18ClN3OS. The number of allylic oxidation sites excluding steroid dienone is 1. The van der Waals surface area contributed by atoms with Crippen molar-refractivity contribution in [2.24, 2.45) is 0 Å². The number of anilines is 1. The molecule has 1 atom stereocenters. The van der Waals surface area contributed by atoms with Gasteiger partial charge in [0.15, 0.2) is 0 Å². The number of benzene rings is 2. The first kappa shape index (κ1) is 18.0. The summed E-state index contributed by atoms with van der Waals surface area (Å²) in [5.74, 6) is 0.558. The van der Waals surface area contributed by atoms with Crippen LogP contribution in [0.15, 0.2) is 59.1 Å². The molecular weight excluding hydrogens is 378 g/mol. The van der Waals surface area contributed by atoms with Crippen LogP contribution in [0.1, 0.15) is 23.5 Å². The molecule has 1 amide bonds. The Morgan fingerprint density at radius 3 is 2.78 bits per heavy atom. The van der Waals surface area contributed by atoms with Crippen molar-refractivity contribution in [2.45, 2.75) is 19.3 Å². The zero-order valence-electron chi connectivity index (χ0n) is 14.9. The van der Waals surface area contributed by atoms with Gasteiger partial charge in [0.25, 0.3) is 0 Å². The fourth-order valence-corrected chi connectivity index (χ4v) is 4.99. The Balaban J connectivity index is 1.69. The molecule has 2 aliphatic rings.